The predicted molar refractivity (Wildman–Crippen MR) is 76.6 cm³/mol. The van der Waals surface area contributed by atoms with Crippen molar-refractivity contribution in [3.63, 3.8) is 0 Å². The Morgan fingerprint density at radius 2 is 2.22 bits per heavy atom. The van der Waals surface area contributed by atoms with Gasteiger partial charge in [-0.25, -0.2) is 0 Å². The smallest absolute Gasteiger partial charge is 0.258 e. The maximum absolute atomic E-state index is 11.5. The van der Waals surface area contributed by atoms with Crippen LogP contribution in [0, 0.1) is 3.57 Å². The van der Waals surface area contributed by atoms with E-state index in [0.29, 0.717) is 12.3 Å². The van der Waals surface area contributed by atoms with Crippen LogP contribution in [-0.4, -0.2) is 31.8 Å². The number of carbonyl (C=O) groups excluding carboxylic acids is 1. The summed E-state index contributed by atoms with van der Waals surface area (Å²) in [5, 5.41) is 2.82. The molecule has 0 aromatic heterocycles. The van der Waals surface area contributed by atoms with E-state index >= 15 is 0 Å². The third-order valence-electron chi connectivity index (χ3n) is 2.73. The highest BCUT2D eigenvalue weighted by Gasteiger charge is 2.16. The number of benzene rings is 1. The first-order valence-corrected chi connectivity index (χ1v) is 7.08. The van der Waals surface area contributed by atoms with Gasteiger partial charge in [-0.3, -0.25) is 4.79 Å². The summed E-state index contributed by atoms with van der Waals surface area (Å²) in [4.78, 5) is 11.5. The van der Waals surface area contributed by atoms with Crippen LogP contribution < -0.4 is 10.1 Å². The minimum atomic E-state index is -0.107. The SMILES string of the molecule is O=C(COc1ccc(I)cc1)NC[C@H]1CCCO1. The van der Waals surface area contributed by atoms with Gasteiger partial charge in [-0.2, -0.15) is 0 Å². The van der Waals surface area contributed by atoms with Gasteiger partial charge in [0.05, 0.1) is 6.10 Å². The fourth-order valence-electron chi connectivity index (χ4n) is 1.76. The van der Waals surface area contributed by atoms with E-state index in [4.69, 9.17) is 9.47 Å². The van der Waals surface area contributed by atoms with Crippen LogP contribution in [0.15, 0.2) is 24.3 Å². The summed E-state index contributed by atoms with van der Waals surface area (Å²) >= 11 is 2.22. The summed E-state index contributed by atoms with van der Waals surface area (Å²) in [5.74, 6) is 0.603. The monoisotopic (exact) mass is 361 g/mol. The molecule has 1 saturated heterocycles. The zero-order valence-corrected chi connectivity index (χ0v) is 12.2. The fraction of sp³-hybridized carbons (Fsp3) is 0.462. The molecule has 1 aliphatic heterocycles. The lowest BCUT2D eigenvalue weighted by Crippen LogP contribution is -2.35. The molecular formula is C13H16INO3. The lowest BCUT2D eigenvalue weighted by Gasteiger charge is -2.11. The van der Waals surface area contributed by atoms with Crippen molar-refractivity contribution in [3.05, 3.63) is 27.8 Å². The molecule has 0 radical (unpaired) electrons. The fourth-order valence-corrected chi connectivity index (χ4v) is 2.12. The Balaban J connectivity index is 1.66. The van der Waals surface area contributed by atoms with Crippen LogP contribution in [0.25, 0.3) is 0 Å². The van der Waals surface area contributed by atoms with Crippen molar-refractivity contribution in [2.75, 3.05) is 19.8 Å². The molecule has 1 amide bonds. The average molecular weight is 361 g/mol. The van der Waals surface area contributed by atoms with E-state index in [2.05, 4.69) is 27.9 Å². The summed E-state index contributed by atoms with van der Waals surface area (Å²) in [6.07, 6.45) is 2.28. The Labute approximate surface area is 120 Å². The molecule has 18 heavy (non-hydrogen) atoms. The van der Waals surface area contributed by atoms with Crippen molar-refractivity contribution in [1.29, 1.82) is 0 Å². The van der Waals surface area contributed by atoms with Crippen LogP contribution in [0.4, 0.5) is 0 Å². The second-order valence-electron chi connectivity index (χ2n) is 4.18. The van der Waals surface area contributed by atoms with Gasteiger partial charge in [0.25, 0.3) is 5.91 Å². The van der Waals surface area contributed by atoms with Gasteiger partial charge in [-0.05, 0) is 59.7 Å². The number of hydrogen-bond acceptors (Lipinski definition) is 3. The van der Waals surface area contributed by atoms with Gasteiger partial charge >= 0.3 is 0 Å². The number of carbonyl (C=O) groups is 1. The van der Waals surface area contributed by atoms with Gasteiger partial charge in [-0.1, -0.05) is 0 Å². The Morgan fingerprint density at radius 1 is 1.44 bits per heavy atom. The van der Waals surface area contributed by atoms with Crippen LogP contribution in [0.3, 0.4) is 0 Å². The van der Waals surface area contributed by atoms with Gasteiger partial charge in [0, 0.05) is 16.7 Å². The third-order valence-corrected chi connectivity index (χ3v) is 3.45. The van der Waals surface area contributed by atoms with E-state index in [-0.39, 0.29) is 18.6 Å². The lowest BCUT2D eigenvalue weighted by molar-refractivity contribution is -0.123. The number of rotatable bonds is 5. The van der Waals surface area contributed by atoms with Crippen LogP contribution in [-0.2, 0) is 9.53 Å². The van der Waals surface area contributed by atoms with Gasteiger partial charge in [0.2, 0.25) is 0 Å². The first-order valence-electron chi connectivity index (χ1n) is 6.01. The Bertz CT molecular complexity index is 388. The summed E-state index contributed by atoms with van der Waals surface area (Å²) < 4.78 is 11.9. The van der Waals surface area contributed by atoms with E-state index in [0.717, 1.165) is 23.0 Å². The zero-order valence-electron chi connectivity index (χ0n) is 10.0. The van der Waals surface area contributed by atoms with E-state index < -0.39 is 0 Å². The molecule has 0 spiro atoms. The molecular weight excluding hydrogens is 345 g/mol. The molecule has 0 bridgehead atoms. The van der Waals surface area contributed by atoms with Crippen molar-refractivity contribution < 1.29 is 14.3 Å². The number of halogens is 1. The number of amides is 1. The number of ether oxygens (including phenoxy) is 2. The molecule has 1 N–H and O–H groups in total. The largest absolute Gasteiger partial charge is 0.484 e. The topological polar surface area (TPSA) is 47.6 Å². The van der Waals surface area contributed by atoms with Crippen molar-refractivity contribution in [2.24, 2.45) is 0 Å². The van der Waals surface area contributed by atoms with Crippen molar-refractivity contribution in [3.8, 4) is 5.75 Å². The highest BCUT2D eigenvalue weighted by molar-refractivity contribution is 14.1. The van der Waals surface area contributed by atoms with E-state index in [1.165, 1.54) is 0 Å². The second-order valence-corrected chi connectivity index (χ2v) is 5.43. The minimum absolute atomic E-state index is 0.0489. The number of nitrogens with one attached hydrogen (secondary N) is 1. The van der Waals surface area contributed by atoms with Crippen LogP contribution >= 0.6 is 22.6 Å². The highest BCUT2D eigenvalue weighted by Crippen LogP contribution is 2.13. The second kappa shape index (κ2) is 6.94. The van der Waals surface area contributed by atoms with E-state index in [1.54, 1.807) is 0 Å². The van der Waals surface area contributed by atoms with Crippen LogP contribution in [0.1, 0.15) is 12.8 Å². The van der Waals surface area contributed by atoms with Crippen LogP contribution in [0.5, 0.6) is 5.75 Å². The summed E-state index contributed by atoms with van der Waals surface area (Å²) in [6, 6.07) is 7.60. The molecule has 1 aliphatic rings. The molecule has 1 aromatic carbocycles. The molecule has 1 fully saturated rings. The molecule has 1 aromatic rings. The molecule has 2 rings (SSSR count). The zero-order chi connectivity index (χ0) is 12.8. The van der Waals surface area contributed by atoms with Gasteiger partial charge in [-0.15, -0.1) is 0 Å². The minimum Gasteiger partial charge on any atom is -0.484 e. The molecule has 0 aliphatic carbocycles. The van der Waals surface area contributed by atoms with Crippen molar-refractivity contribution in [2.45, 2.75) is 18.9 Å². The van der Waals surface area contributed by atoms with Crippen molar-refractivity contribution in [1.82, 2.24) is 5.32 Å². The maximum atomic E-state index is 11.5. The highest BCUT2D eigenvalue weighted by atomic mass is 127. The lowest BCUT2D eigenvalue weighted by atomic mass is 10.2. The molecule has 4 nitrogen and oxygen atoms in total. The van der Waals surface area contributed by atoms with Crippen molar-refractivity contribution >= 4 is 28.5 Å². The van der Waals surface area contributed by atoms with E-state index in [9.17, 15) is 4.79 Å². The summed E-state index contributed by atoms with van der Waals surface area (Å²) in [5.41, 5.74) is 0. The van der Waals surface area contributed by atoms with Gasteiger partial charge in [0.1, 0.15) is 5.75 Å². The average Bonchev–Trinajstić information content (AvgIpc) is 2.89. The summed E-state index contributed by atoms with van der Waals surface area (Å²) in [6.45, 7) is 1.43. The molecule has 1 heterocycles. The summed E-state index contributed by atoms with van der Waals surface area (Å²) in [7, 11) is 0. The normalized spacial score (nSPS) is 18.6. The third kappa shape index (κ3) is 4.45. The first-order chi connectivity index (χ1) is 8.74. The molecule has 1 atom stereocenters. The van der Waals surface area contributed by atoms with E-state index in [1.807, 2.05) is 24.3 Å². The van der Waals surface area contributed by atoms with Crippen LogP contribution in [0.2, 0.25) is 0 Å². The first kappa shape index (κ1) is 13.6. The quantitative estimate of drug-likeness (QED) is 0.816. The molecule has 98 valence electrons. The van der Waals surface area contributed by atoms with Gasteiger partial charge in [0.15, 0.2) is 6.61 Å². The Morgan fingerprint density at radius 3 is 2.89 bits per heavy atom. The Hall–Kier alpha value is -0.820. The number of hydrogen-bond donors (Lipinski definition) is 1. The van der Waals surface area contributed by atoms with Gasteiger partial charge < -0.3 is 14.8 Å². The molecule has 0 saturated carbocycles. The molecule has 5 heteroatoms. The standard InChI is InChI=1S/C13H16INO3/c14-10-3-5-11(6-4-10)18-9-13(16)15-8-12-2-1-7-17-12/h3-6,12H,1-2,7-9H2,(H,15,16)/t12-/m1/s1. The Kier molecular flexibility index (Phi) is 5.25. The molecule has 0 unspecified atom stereocenters. The predicted octanol–water partition coefficient (Wildman–Crippen LogP) is 1.97. The maximum Gasteiger partial charge on any atom is 0.258 e.